The molecule has 148 valence electrons. The van der Waals surface area contributed by atoms with Crippen LogP contribution in [0, 0.1) is 0 Å². The van der Waals surface area contributed by atoms with Crippen LogP contribution in [-0.2, 0) is 0 Å². The fourth-order valence-electron chi connectivity index (χ4n) is 3.96. The molecule has 2 N–H and O–H groups in total. The minimum atomic E-state index is 0.607. The summed E-state index contributed by atoms with van der Waals surface area (Å²) in [6.07, 6.45) is 0. The topological polar surface area (TPSA) is 73.0 Å². The molecule has 0 spiro atoms. The van der Waals surface area contributed by atoms with Crippen molar-refractivity contribution < 1.29 is 0 Å². The molecule has 2 aromatic heterocycles. The first kappa shape index (κ1) is 17.4. The Balaban J connectivity index is 1.48. The highest BCUT2D eigenvalue weighted by Crippen LogP contribution is 2.30. The van der Waals surface area contributed by atoms with E-state index in [0.29, 0.717) is 11.4 Å². The van der Waals surface area contributed by atoms with Crippen molar-refractivity contribution in [2.75, 3.05) is 5.73 Å². The maximum atomic E-state index is 5.94. The number of hydrogen-bond acceptors (Lipinski definition) is 4. The number of hydrogen-bond donors (Lipinski definition) is 1. The largest absolute Gasteiger partial charge is 0.397 e. The zero-order valence-electron chi connectivity index (χ0n) is 16.6. The van der Waals surface area contributed by atoms with Crippen LogP contribution in [0.15, 0.2) is 107 Å². The molecule has 0 aliphatic rings. The molecule has 0 amide bonds. The Morgan fingerprint density at radius 1 is 0.645 bits per heavy atom. The number of nitrogens with two attached hydrogens (primary N) is 1. The molecule has 2 heterocycles. The van der Waals surface area contributed by atoms with Gasteiger partial charge in [-0.3, -0.25) is 8.97 Å². The van der Waals surface area contributed by atoms with E-state index in [2.05, 4.69) is 43.5 Å². The molecule has 31 heavy (non-hydrogen) atoms. The van der Waals surface area contributed by atoms with Crippen LogP contribution in [0.1, 0.15) is 0 Å². The highest BCUT2D eigenvalue weighted by atomic mass is 15.2. The average molecular weight is 402 g/mol. The van der Waals surface area contributed by atoms with Gasteiger partial charge in [-0.2, -0.15) is 5.11 Å². The van der Waals surface area contributed by atoms with E-state index >= 15 is 0 Å². The van der Waals surface area contributed by atoms with Crippen LogP contribution < -0.4 is 5.73 Å². The van der Waals surface area contributed by atoms with Crippen molar-refractivity contribution in [3.8, 4) is 5.69 Å². The van der Waals surface area contributed by atoms with Gasteiger partial charge < -0.3 is 5.73 Å². The number of rotatable bonds is 3. The van der Waals surface area contributed by atoms with Crippen LogP contribution >= 0.6 is 0 Å². The summed E-state index contributed by atoms with van der Waals surface area (Å²) < 4.78 is 4.38. The van der Waals surface area contributed by atoms with Gasteiger partial charge in [0.1, 0.15) is 5.69 Å². The standard InChI is InChI=1S/C25H18N6/c26-19-7-1-2-8-20(19)29-28-17-13-15-18(16-14-17)30-23-11-5-6-12-24(23)31-22-10-4-3-9-21(22)27-25(30)31/h1-16H,26H2. The Kier molecular flexibility index (Phi) is 3.83. The van der Waals surface area contributed by atoms with Gasteiger partial charge in [0.15, 0.2) is 0 Å². The van der Waals surface area contributed by atoms with Gasteiger partial charge in [0.25, 0.3) is 0 Å². The lowest BCUT2D eigenvalue weighted by Crippen LogP contribution is -1.94. The maximum absolute atomic E-state index is 5.94. The second kappa shape index (κ2) is 6.81. The first-order valence-corrected chi connectivity index (χ1v) is 10.0. The fraction of sp³-hybridized carbons (Fsp3) is 0. The van der Waals surface area contributed by atoms with E-state index in [-0.39, 0.29) is 0 Å². The first-order valence-electron chi connectivity index (χ1n) is 10.0. The van der Waals surface area contributed by atoms with Crippen LogP contribution in [0.25, 0.3) is 33.5 Å². The molecule has 0 aliphatic heterocycles. The molecule has 0 saturated carbocycles. The minimum absolute atomic E-state index is 0.607. The van der Waals surface area contributed by atoms with E-state index in [4.69, 9.17) is 10.7 Å². The molecule has 0 aliphatic carbocycles. The Morgan fingerprint density at radius 3 is 2.13 bits per heavy atom. The van der Waals surface area contributed by atoms with Crippen molar-refractivity contribution in [3.63, 3.8) is 0 Å². The van der Waals surface area contributed by atoms with Crippen LogP contribution in [-0.4, -0.2) is 14.0 Å². The van der Waals surface area contributed by atoms with Gasteiger partial charge in [-0.25, -0.2) is 4.98 Å². The Hall–Kier alpha value is -4.45. The second-order valence-corrected chi connectivity index (χ2v) is 7.34. The van der Waals surface area contributed by atoms with E-state index in [1.807, 2.05) is 72.8 Å². The lowest BCUT2D eigenvalue weighted by atomic mass is 10.2. The average Bonchev–Trinajstić information content (AvgIpc) is 3.33. The smallest absolute Gasteiger partial charge is 0.220 e. The molecule has 0 radical (unpaired) electrons. The van der Waals surface area contributed by atoms with Crippen molar-refractivity contribution in [3.05, 3.63) is 97.1 Å². The molecule has 6 nitrogen and oxygen atoms in total. The molecule has 4 aromatic carbocycles. The first-order chi connectivity index (χ1) is 15.3. The van der Waals surface area contributed by atoms with E-state index in [1.54, 1.807) is 0 Å². The maximum Gasteiger partial charge on any atom is 0.220 e. The lowest BCUT2D eigenvalue weighted by Gasteiger charge is -2.05. The van der Waals surface area contributed by atoms with Gasteiger partial charge in [0.2, 0.25) is 5.78 Å². The number of aromatic nitrogens is 3. The van der Waals surface area contributed by atoms with Crippen molar-refractivity contribution in [2.45, 2.75) is 0 Å². The normalized spacial score (nSPS) is 11.9. The van der Waals surface area contributed by atoms with Gasteiger partial charge in [-0.15, -0.1) is 5.11 Å². The van der Waals surface area contributed by atoms with Gasteiger partial charge in [-0.1, -0.05) is 36.4 Å². The Bertz CT molecular complexity index is 1590. The lowest BCUT2D eigenvalue weighted by molar-refractivity contribution is 1.11. The molecule has 6 heteroatoms. The van der Waals surface area contributed by atoms with E-state index in [1.165, 1.54) is 0 Å². The quantitative estimate of drug-likeness (QED) is 0.274. The number of imidazole rings is 2. The monoisotopic (exact) mass is 402 g/mol. The summed E-state index contributed by atoms with van der Waals surface area (Å²) in [6, 6.07) is 32.0. The molecule has 0 bridgehead atoms. The fourth-order valence-corrected chi connectivity index (χ4v) is 3.96. The van der Waals surface area contributed by atoms with E-state index in [9.17, 15) is 0 Å². The number of fused-ring (bicyclic) bond motifs is 5. The third-order valence-electron chi connectivity index (χ3n) is 5.42. The third kappa shape index (κ3) is 2.77. The van der Waals surface area contributed by atoms with Crippen LogP contribution in [0.3, 0.4) is 0 Å². The van der Waals surface area contributed by atoms with Crippen molar-refractivity contribution in [2.24, 2.45) is 10.2 Å². The zero-order valence-corrected chi connectivity index (χ0v) is 16.6. The van der Waals surface area contributed by atoms with E-state index in [0.717, 1.165) is 39.2 Å². The van der Waals surface area contributed by atoms with Crippen molar-refractivity contribution in [1.82, 2.24) is 14.0 Å². The summed E-state index contributed by atoms with van der Waals surface area (Å²) in [5, 5.41) is 8.61. The molecular formula is C25H18N6. The number of azo groups is 1. The van der Waals surface area contributed by atoms with Crippen LogP contribution in [0.4, 0.5) is 17.1 Å². The Labute approximate surface area is 177 Å². The van der Waals surface area contributed by atoms with Crippen LogP contribution in [0.2, 0.25) is 0 Å². The number of para-hydroxylation sites is 5. The van der Waals surface area contributed by atoms with Gasteiger partial charge in [-0.05, 0) is 60.7 Å². The molecule has 0 fully saturated rings. The molecule has 0 unspecified atom stereocenters. The zero-order chi connectivity index (χ0) is 20.8. The van der Waals surface area contributed by atoms with Crippen molar-refractivity contribution in [1.29, 1.82) is 0 Å². The van der Waals surface area contributed by atoms with Gasteiger partial charge in [0, 0.05) is 5.69 Å². The molecule has 6 rings (SSSR count). The molecule has 0 saturated heterocycles. The second-order valence-electron chi connectivity index (χ2n) is 7.34. The predicted octanol–water partition coefficient (Wildman–Crippen LogP) is 6.43. The van der Waals surface area contributed by atoms with Crippen LogP contribution in [0.5, 0.6) is 0 Å². The third-order valence-corrected chi connectivity index (χ3v) is 5.42. The molecule has 6 aromatic rings. The Morgan fingerprint density at radius 2 is 1.32 bits per heavy atom. The predicted molar refractivity (Wildman–Crippen MR) is 125 cm³/mol. The summed E-state index contributed by atoms with van der Waals surface area (Å²) in [5.41, 5.74) is 13.3. The highest BCUT2D eigenvalue weighted by molar-refractivity contribution is 5.92. The summed E-state index contributed by atoms with van der Waals surface area (Å²) in [6.45, 7) is 0. The van der Waals surface area contributed by atoms with Gasteiger partial charge in [0.05, 0.1) is 33.4 Å². The minimum Gasteiger partial charge on any atom is -0.397 e. The number of anilines is 1. The molecular weight excluding hydrogens is 384 g/mol. The number of nitrogens with zero attached hydrogens (tertiary/aromatic N) is 5. The van der Waals surface area contributed by atoms with Gasteiger partial charge >= 0.3 is 0 Å². The van der Waals surface area contributed by atoms with Crippen molar-refractivity contribution >= 4 is 44.9 Å². The van der Waals surface area contributed by atoms with E-state index < -0.39 is 0 Å². The number of nitrogen functional groups attached to an aromatic ring is 1. The summed E-state index contributed by atoms with van der Waals surface area (Å²) in [5.74, 6) is 0.883. The highest BCUT2D eigenvalue weighted by Gasteiger charge is 2.16. The summed E-state index contributed by atoms with van der Waals surface area (Å²) >= 11 is 0. The summed E-state index contributed by atoms with van der Waals surface area (Å²) in [4.78, 5) is 4.91. The summed E-state index contributed by atoms with van der Waals surface area (Å²) in [7, 11) is 0. The molecule has 0 atom stereocenters. The SMILES string of the molecule is Nc1ccccc1N=Nc1ccc(-n2c3ccccc3n3c4ccccc4nc23)cc1. The number of benzene rings is 4.